The number of nitrogens with one attached hydrogen (secondary N) is 1. The molecule has 0 radical (unpaired) electrons. The monoisotopic (exact) mass is 575 g/mol. The molecule has 1 aliphatic heterocycles. The van der Waals surface area contributed by atoms with Gasteiger partial charge in [0.1, 0.15) is 23.7 Å². The van der Waals surface area contributed by atoms with E-state index in [0.717, 1.165) is 78.7 Å². The number of imidazole rings is 1. The fourth-order valence-electron chi connectivity index (χ4n) is 5.14. The van der Waals surface area contributed by atoms with Crippen LogP contribution in [0.15, 0.2) is 60.9 Å². The van der Waals surface area contributed by atoms with E-state index in [-0.39, 0.29) is 18.3 Å². The number of anilines is 1. The van der Waals surface area contributed by atoms with Gasteiger partial charge in [0, 0.05) is 43.0 Å². The molecule has 4 aromatic heterocycles. The molecule has 1 N–H and O–H groups in total. The summed E-state index contributed by atoms with van der Waals surface area (Å²) in [5.41, 5.74) is 5.61. The fraction of sp³-hybridized carbons (Fsp3) is 0.333. The molecular formula is C30H34ClN7O3. The number of amides is 1. The summed E-state index contributed by atoms with van der Waals surface area (Å²) in [7, 11) is 0. The summed E-state index contributed by atoms with van der Waals surface area (Å²) in [5.74, 6) is 0.488. The molecular weight excluding hydrogens is 542 g/mol. The van der Waals surface area contributed by atoms with Crippen molar-refractivity contribution in [1.29, 1.82) is 0 Å². The standard InChI is InChI=1S/C30H33N7O3.ClH/c1-3-24-29-25(8-5-9-26(29)37(34-24)20-22-7-4-6-21(2)32-22)33-30(38)27-19-31-28-18-23(10-11-36(27)28)40-17-14-35-12-15-39-16-13-35;/h4-11,18-19H,3,12-17,20H2,1-2H3,(H,33,38);1H. The quantitative estimate of drug-likeness (QED) is 0.278. The van der Waals surface area contributed by atoms with Crippen molar-refractivity contribution in [3.8, 4) is 5.75 Å². The van der Waals surface area contributed by atoms with E-state index in [2.05, 4.69) is 27.1 Å². The van der Waals surface area contributed by atoms with Gasteiger partial charge in [-0.1, -0.05) is 19.1 Å². The second-order valence-electron chi connectivity index (χ2n) is 9.92. The highest BCUT2D eigenvalue weighted by atomic mass is 35.5. The third kappa shape index (κ3) is 6.19. The smallest absolute Gasteiger partial charge is 0.274 e. The van der Waals surface area contributed by atoms with Crippen LogP contribution in [0.1, 0.15) is 34.5 Å². The number of rotatable bonds is 9. The van der Waals surface area contributed by atoms with E-state index >= 15 is 0 Å². The highest BCUT2D eigenvalue weighted by Gasteiger charge is 2.18. The first-order valence-electron chi connectivity index (χ1n) is 13.7. The molecule has 214 valence electrons. The molecule has 1 fully saturated rings. The van der Waals surface area contributed by atoms with Gasteiger partial charge in [-0.3, -0.25) is 23.8 Å². The van der Waals surface area contributed by atoms with Crippen molar-refractivity contribution >= 4 is 40.6 Å². The molecule has 0 atom stereocenters. The van der Waals surface area contributed by atoms with Gasteiger partial charge in [-0.15, -0.1) is 12.4 Å². The van der Waals surface area contributed by atoms with Gasteiger partial charge in [-0.05, 0) is 43.7 Å². The summed E-state index contributed by atoms with van der Waals surface area (Å²) in [6.45, 7) is 9.44. The maximum Gasteiger partial charge on any atom is 0.274 e. The van der Waals surface area contributed by atoms with E-state index in [4.69, 9.17) is 14.6 Å². The van der Waals surface area contributed by atoms with Crippen LogP contribution >= 0.6 is 12.4 Å². The van der Waals surface area contributed by atoms with Crippen LogP contribution in [0.5, 0.6) is 5.75 Å². The molecule has 5 aromatic rings. The lowest BCUT2D eigenvalue weighted by atomic mass is 10.1. The van der Waals surface area contributed by atoms with Crippen LogP contribution in [0, 0.1) is 6.92 Å². The number of nitrogens with zero attached hydrogens (tertiary/aromatic N) is 6. The van der Waals surface area contributed by atoms with Gasteiger partial charge in [0.05, 0.1) is 48.5 Å². The van der Waals surface area contributed by atoms with Crippen molar-refractivity contribution in [2.45, 2.75) is 26.8 Å². The number of hydrogen-bond donors (Lipinski definition) is 1. The molecule has 0 aliphatic carbocycles. The molecule has 11 heteroatoms. The van der Waals surface area contributed by atoms with Gasteiger partial charge in [-0.25, -0.2) is 4.98 Å². The molecule has 1 aromatic carbocycles. The number of benzene rings is 1. The van der Waals surface area contributed by atoms with Gasteiger partial charge in [0.15, 0.2) is 0 Å². The van der Waals surface area contributed by atoms with E-state index < -0.39 is 0 Å². The number of carbonyl (C=O) groups is 1. The average Bonchev–Trinajstić information content (AvgIpc) is 3.55. The molecule has 10 nitrogen and oxygen atoms in total. The van der Waals surface area contributed by atoms with Gasteiger partial charge >= 0.3 is 0 Å². The minimum Gasteiger partial charge on any atom is -0.492 e. The number of pyridine rings is 2. The first kappa shape index (κ1) is 28.5. The first-order chi connectivity index (χ1) is 19.6. The highest BCUT2D eigenvalue weighted by Crippen LogP contribution is 2.29. The van der Waals surface area contributed by atoms with Crippen LogP contribution in [0.25, 0.3) is 16.6 Å². The van der Waals surface area contributed by atoms with Gasteiger partial charge < -0.3 is 14.8 Å². The molecule has 0 saturated carbocycles. The number of aryl methyl sites for hydroxylation is 2. The Morgan fingerprint density at radius 3 is 2.76 bits per heavy atom. The number of ether oxygens (including phenoxy) is 2. The lowest BCUT2D eigenvalue weighted by Crippen LogP contribution is -2.38. The lowest BCUT2D eigenvalue weighted by molar-refractivity contribution is 0.0322. The zero-order chi connectivity index (χ0) is 27.5. The van der Waals surface area contributed by atoms with Crippen molar-refractivity contribution in [1.82, 2.24) is 29.0 Å². The number of carbonyl (C=O) groups excluding carboxylic acids is 1. The normalized spacial score (nSPS) is 13.8. The van der Waals surface area contributed by atoms with Crippen LogP contribution < -0.4 is 10.1 Å². The minimum absolute atomic E-state index is 0. The Labute approximate surface area is 244 Å². The average molecular weight is 576 g/mol. The second kappa shape index (κ2) is 12.7. The van der Waals surface area contributed by atoms with E-state index in [0.29, 0.717) is 24.5 Å². The Morgan fingerprint density at radius 2 is 1.95 bits per heavy atom. The SMILES string of the molecule is CCc1nn(Cc2cccc(C)n2)c2cccc(NC(=O)c3cnc4cc(OCCN5CCOCC5)ccn34)c12.Cl. The maximum absolute atomic E-state index is 13.4. The van der Waals surface area contributed by atoms with Crippen LogP contribution in [0.3, 0.4) is 0 Å². The fourth-order valence-corrected chi connectivity index (χ4v) is 5.14. The number of halogens is 1. The van der Waals surface area contributed by atoms with Crippen LogP contribution in [-0.2, 0) is 17.7 Å². The molecule has 6 rings (SSSR count). The predicted octanol–water partition coefficient (Wildman–Crippen LogP) is 4.38. The van der Waals surface area contributed by atoms with E-state index in [1.54, 1.807) is 10.6 Å². The topological polar surface area (TPSA) is 98.8 Å². The third-order valence-electron chi connectivity index (χ3n) is 7.19. The van der Waals surface area contributed by atoms with Crippen molar-refractivity contribution < 1.29 is 14.3 Å². The van der Waals surface area contributed by atoms with Gasteiger partial charge in [0.2, 0.25) is 0 Å². The largest absolute Gasteiger partial charge is 0.492 e. The Balaban J connectivity index is 0.00000337. The van der Waals surface area contributed by atoms with Crippen molar-refractivity contribution in [2.24, 2.45) is 0 Å². The van der Waals surface area contributed by atoms with Crippen LogP contribution in [-0.4, -0.2) is 74.4 Å². The first-order valence-corrected chi connectivity index (χ1v) is 13.7. The van der Waals surface area contributed by atoms with Crippen molar-refractivity contribution in [2.75, 3.05) is 44.8 Å². The third-order valence-corrected chi connectivity index (χ3v) is 7.19. The second-order valence-corrected chi connectivity index (χ2v) is 9.92. The number of fused-ring (bicyclic) bond motifs is 2. The predicted molar refractivity (Wildman–Crippen MR) is 160 cm³/mol. The van der Waals surface area contributed by atoms with Crippen molar-refractivity contribution in [3.05, 3.63) is 83.7 Å². The highest BCUT2D eigenvalue weighted by molar-refractivity contribution is 6.08. The maximum atomic E-state index is 13.4. The molecule has 0 bridgehead atoms. The zero-order valence-electron chi connectivity index (χ0n) is 23.2. The summed E-state index contributed by atoms with van der Waals surface area (Å²) < 4.78 is 15.1. The molecule has 0 spiro atoms. The Bertz CT molecular complexity index is 1660. The summed E-state index contributed by atoms with van der Waals surface area (Å²) >= 11 is 0. The lowest BCUT2D eigenvalue weighted by Gasteiger charge is -2.26. The summed E-state index contributed by atoms with van der Waals surface area (Å²) in [5, 5.41) is 8.91. The molecule has 1 saturated heterocycles. The molecule has 1 amide bonds. The van der Waals surface area contributed by atoms with E-state index in [1.807, 2.05) is 66.3 Å². The van der Waals surface area contributed by atoms with Crippen molar-refractivity contribution in [3.63, 3.8) is 0 Å². The number of aromatic nitrogens is 5. The Kier molecular flexibility index (Phi) is 8.82. The van der Waals surface area contributed by atoms with E-state index in [1.165, 1.54) is 0 Å². The van der Waals surface area contributed by atoms with Crippen LogP contribution in [0.4, 0.5) is 5.69 Å². The summed E-state index contributed by atoms with van der Waals surface area (Å²) in [4.78, 5) is 24.9. The Morgan fingerprint density at radius 1 is 1.12 bits per heavy atom. The molecule has 41 heavy (non-hydrogen) atoms. The zero-order valence-corrected chi connectivity index (χ0v) is 24.1. The Hall–Kier alpha value is -3.99. The minimum atomic E-state index is -0.240. The van der Waals surface area contributed by atoms with Gasteiger partial charge in [-0.2, -0.15) is 5.10 Å². The number of hydrogen-bond acceptors (Lipinski definition) is 7. The summed E-state index contributed by atoms with van der Waals surface area (Å²) in [6, 6.07) is 15.6. The van der Waals surface area contributed by atoms with Crippen LogP contribution in [0.2, 0.25) is 0 Å². The number of morpholine rings is 1. The van der Waals surface area contributed by atoms with Gasteiger partial charge in [0.25, 0.3) is 5.91 Å². The van der Waals surface area contributed by atoms with E-state index in [9.17, 15) is 4.79 Å². The molecule has 0 unspecified atom stereocenters. The summed E-state index contributed by atoms with van der Waals surface area (Å²) in [6.07, 6.45) is 4.16. The molecule has 5 heterocycles. The molecule has 1 aliphatic rings.